The second-order valence-corrected chi connectivity index (χ2v) is 9.60. The fourth-order valence-electron chi connectivity index (χ4n) is 3.72. The van der Waals surface area contributed by atoms with E-state index in [1.807, 2.05) is 6.07 Å². The number of ether oxygens (including phenoxy) is 2. The van der Waals surface area contributed by atoms with Crippen molar-refractivity contribution in [2.24, 2.45) is 0 Å². The first-order valence-corrected chi connectivity index (χ1v) is 11.6. The number of fused-ring (bicyclic) bond motifs is 5. The van der Waals surface area contributed by atoms with Crippen LogP contribution in [0.4, 0.5) is 4.39 Å². The number of amides is 1. The van der Waals surface area contributed by atoms with Crippen LogP contribution in [-0.4, -0.2) is 66.4 Å². The first-order chi connectivity index (χ1) is 14.8. The number of hydrogen-bond acceptors (Lipinski definition) is 7. The number of nitrogens with one attached hydrogen (secondary N) is 1. The van der Waals surface area contributed by atoms with Gasteiger partial charge in [-0.2, -0.15) is 4.98 Å². The van der Waals surface area contributed by atoms with E-state index in [9.17, 15) is 17.6 Å². The molecule has 3 atom stereocenters. The van der Waals surface area contributed by atoms with E-state index in [1.165, 1.54) is 18.0 Å². The number of alkyl halides is 1. The summed E-state index contributed by atoms with van der Waals surface area (Å²) >= 11 is 0. The van der Waals surface area contributed by atoms with Gasteiger partial charge in [0.15, 0.2) is 6.61 Å². The normalized spacial score (nSPS) is 23.6. The molecule has 1 saturated heterocycles. The van der Waals surface area contributed by atoms with Gasteiger partial charge in [0.25, 0.3) is 5.91 Å². The Kier molecular flexibility index (Phi) is 5.80. The summed E-state index contributed by atoms with van der Waals surface area (Å²) in [5.41, 5.74) is 1.45. The number of aromatic nitrogens is 2. The third-order valence-electron chi connectivity index (χ3n) is 5.38. The van der Waals surface area contributed by atoms with Gasteiger partial charge in [0.05, 0.1) is 24.4 Å². The van der Waals surface area contributed by atoms with Crippen molar-refractivity contribution in [1.29, 1.82) is 0 Å². The molecule has 1 N–H and O–H groups in total. The van der Waals surface area contributed by atoms with Gasteiger partial charge in [-0.05, 0) is 38.0 Å². The third-order valence-corrected chi connectivity index (χ3v) is 6.77. The van der Waals surface area contributed by atoms with Gasteiger partial charge in [-0.15, -0.1) is 0 Å². The van der Waals surface area contributed by atoms with Crippen LogP contribution < -0.4 is 14.2 Å². The third kappa shape index (κ3) is 4.62. The summed E-state index contributed by atoms with van der Waals surface area (Å²) in [6, 6.07) is 5.27. The van der Waals surface area contributed by atoms with Gasteiger partial charge in [-0.25, -0.2) is 22.5 Å². The Bertz CT molecular complexity index is 1100. The molecule has 4 bridgehead atoms. The van der Waals surface area contributed by atoms with E-state index >= 15 is 0 Å². The second kappa shape index (κ2) is 8.39. The van der Waals surface area contributed by atoms with Crippen LogP contribution in [0.1, 0.15) is 18.1 Å². The number of aryl methyl sites for hydroxylation is 1. The molecule has 2 aromatic rings. The molecular formula is C20H23FN4O5S. The minimum absolute atomic E-state index is 0.0415. The summed E-state index contributed by atoms with van der Waals surface area (Å²) in [7, 11) is -3.68. The van der Waals surface area contributed by atoms with E-state index in [-0.39, 0.29) is 24.7 Å². The molecule has 166 valence electrons. The van der Waals surface area contributed by atoms with Gasteiger partial charge < -0.3 is 14.4 Å². The van der Waals surface area contributed by atoms with Gasteiger partial charge in [0.2, 0.25) is 15.9 Å². The summed E-state index contributed by atoms with van der Waals surface area (Å²) in [6.45, 7) is 2.62. The predicted molar refractivity (Wildman–Crippen MR) is 109 cm³/mol. The van der Waals surface area contributed by atoms with E-state index in [0.717, 1.165) is 5.56 Å². The number of halogens is 1. The zero-order chi connectivity index (χ0) is 22.2. The zero-order valence-corrected chi connectivity index (χ0v) is 17.9. The van der Waals surface area contributed by atoms with Crippen LogP contribution in [-0.2, 0) is 21.2 Å². The fraction of sp³-hybridized carbons (Fsp3) is 0.450. The molecule has 0 spiro atoms. The van der Waals surface area contributed by atoms with Crippen LogP contribution in [0.5, 0.6) is 17.6 Å². The van der Waals surface area contributed by atoms with Crippen molar-refractivity contribution in [3.63, 3.8) is 0 Å². The lowest BCUT2D eigenvalue weighted by molar-refractivity contribution is -0.134. The maximum Gasteiger partial charge on any atom is 0.320 e. The summed E-state index contributed by atoms with van der Waals surface area (Å²) in [4.78, 5) is 22.5. The molecular weight excluding hydrogens is 427 g/mol. The van der Waals surface area contributed by atoms with Crippen molar-refractivity contribution < 1.29 is 27.1 Å². The van der Waals surface area contributed by atoms with Gasteiger partial charge in [-0.3, -0.25) is 4.79 Å². The summed E-state index contributed by atoms with van der Waals surface area (Å²) in [6.07, 6.45) is 0.213. The van der Waals surface area contributed by atoms with E-state index in [1.54, 1.807) is 25.1 Å². The smallest absolute Gasteiger partial charge is 0.320 e. The Morgan fingerprint density at radius 3 is 2.94 bits per heavy atom. The minimum Gasteiger partial charge on any atom is -0.453 e. The second-order valence-electron chi connectivity index (χ2n) is 7.56. The maximum atomic E-state index is 14.9. The molecule has 1 fully saturated rings. The van der Waals surface area contributed by atoms with Gasteiger partial charge in [0.1, 0.15) is 11.9 Å². The average Bonchev–Trinajstić information content (AvgIpc) is 3.03. The number of rotatable bonds is 3. The molecule has 0 unspecified atom stereocenters. The van der Waals surface area contributed by atoms with E-state index in [4.69, 9.17) is 9.47 Å². The lowest BCUT2D eigenvalue weighted by Crippen LogP contribution is -2.50. The fourth-order valence-corrected chi connectivity index (χ4v) is 4.61. The highest BCUT2D eigenvalue weighted by molar-refractivity contribution is 7.89. The van der Waals surface area contributed by atoms with Gasteiger partial charge >= 0.3 is 6.01 Å². The van der Waals surface area contributed by atoms with Crippen molar-refractivity contribution in [2.75, 3.05) is 18.9 Å². The Hall–Kier alpha value is -2.79. The zero-order valence-electron chi connectivity index (χ0n) is 17.1. The van der Waals surface area contributed by atoms with Crippen molar-refractivity contribution in [1.82, 2.24) is 19.6 Å². The molecule has 2 aliphatic heterocycles. The average molecular weight is 450 g/mol. The molecule has 11 heteroatoms. The molecule has 1 amide bonds. The highest BCUT2D eigenvalue weighted by atomic mass is 32.2. The highest BCUT2D eigenvalue weighted by Crippen LogP contribution is 2.29. The molecule has 1 aromatic carbocycles. The molecule has 9 nitrogen and oxygen atoms in total. The molecule has 31 heavy (non-hydrogen) atoms. The van der Waals surface area contributed by atoms with Crippen LogP contribution >= 0.6 is 0 Å². The lowest BCUT2D eigenvalue weighted by atomic mass is 10.00. The predicted octanol–water partition coefficient (Wildman–Crippen LogP) is 1.37. The molecule has 2 aliphatic rings. The molecule has 0 radical (unpaired) electrons. The molecule has 1 aromatic heterocycles. The lowest BCUT2D eigenvalue weighted by Gasteiger charge is -2.28. The molecule has 0 saturated carbocycles. The Balaban J connectivity index is 1.73. The topological polar surface area (TPSA) is 111 Å². The minimum atomic E-state index is -3.68. The Morgan fingerprint density at radius 1 is 1.35 bits per heavy atom. The number of carbonyl (C=O) groups is 1. The highest BCUT2D eigenvalue weighted by Gasteiger charge is 2.46. The quantitative estimate of drug-likeness (QED) is 0.752. The van der Waals surface area contributed by atoms with E-state index < -0.39 is 40.8 Å². The number of hydrogen-bond donors (Lipinski definition) is 1. The maximum absolute atomic E-state index is 14.9. The summed E-state index contributed by atoms with van der Waals surface area (Å²) < 4.78 is 52.9. The first kappa shape index (κ1) is 21.4. The SMILES string of the molecule is CCS(=O)(=O)N[C@H]1[C@@H](F)CN2C(=O)COc3ncc(C)c(n3)Oc3cccc(c3)C[C@@H]12. The van der Waals surface area contributed by atoms with Crippen molar-refractivity contribution in [2.45, 2.75) is 38.5 Å². The number of carbonyl (C=O) groups excluding carboxylic acids is 1. The van der Waals surface area contributed by atoms with Crippen molar-refractivity contribution in [3.8, 4) is 17.6 Å². The van der Waals surface area contributed by atoms with Crippen molar-refractivity contribution >= 4 is 15.9 Å². The van der Waals surface area contributed by atoms with Crippen LogP contribution in [0, 0.1) is 6.92 Å². The molecule has 4 rings (SSSR count). The Morgan fingerprint density at radius 2 is 2.16 bits per heavy atom. The number of benzene rings is 1. The number of sulfonamides is 1. The Labute approximate surface area is 179 Å². The van der Waals surface area contributed by atoms with Gasteiger partial charge in [-0.1, -0.05) is 12.1 Å². The monoisotopic (exact) mass is 450 g/mol. The largest absolute Gasteiger partial charge is 0.453 e. The van der Waals surface area contributed by atoms with E-state index in [0.29, 0.717) is 17.2 Å². The molecule has 3 heterocycles. The van der Waals surface area contributed by atoms with Crippen LogP contribution in [0.15, 0.2) is 30.5 Å². The summed E-state index contributed by atoms with van der Waals surface area (Å²) in [5, 5.41) is 0. The summed E-state index contributed by atoms with van der Waals surface area (Å²) in [5.74, 6) is 0.137. The van der Waals surface area contributed by atoms with Gasteiger partial charge in [0, 0.05) is 11.8 Å². The van der Waals surface area contributed by atoms with Crippen LogP contribution in [0.25, 0.3) is 0 Å². The first-order valence-electron chi connectivity index (χ1n) is 9.92. The number of nitrogens with zero attached hydrogens (tertiary/aromatic N) is 3. The molecule has 0 aliphatic carbocycles. The van der Waals surface area contributed by atoms with E-state index in [2.05, 4.69) is 14.7 Å². The van der Waals surface area contributed by atoms with Crippen LogP contribution in [0.3, 0.4) is 0 Å². The van der Waals surface area contributed by atoms with Crippen molar-refractivity contribution in [3.05, 3.63) is 41.6 Å². The standard InChI is InChI=1S/C20H23FN4O5S/c1-3-31(27,28)24-18-15(21)10-25-16(18)8-13-5-4-6-14(7-13)30-19-12(2)9-22-20(23-19)29-11-17(25)26/h4-7,9,15-16,18,24H,3,8,10-11H2,1-2H3/t15-,16-,18-/m0/s1. The van der Waals surface area contributed by atoms with Crippen LogP contribution in [0.2, 0.25) is 0 Å².